The number of carbonyl (C=O) groups is 1. The Balaban J connectivity index is 1.74. The van der Waals surface area contributed by atoms with Gasteiger partial charge < -0.3 is 10.1 Å². The van der Waals surface area contributed by atoms with E-state index >= 15 is 0 Å². The molecule has 7 heteroatoms. The molecule has 1 N–H and O–H groups in total. The van der Waals surface area contributed by atoms with E-state index in [9.17, 15) is 13.2 Å². The van der Waals surface area contributed by atoms with Crippen molar-refractivity contribution in [1.82, 2.24) is 5.32 Å². The van der Waals surface area contributed by atoms with Crippen molar-refractivity contribution in [2.45, 2.75) is 26.3 Å². The van der Waals surface area contributed by atoms with E-state index in [0.29, 0.717) is 24.2 Å². The number of nitrogens with one attached hydrogen (secondary N) is 1. The van der Waals surface area contributed by atoms with Crippen LogP contribution in [0.5, 0.6) is 5.75 Å². The Kier molecular flexibility index (Phi) is 5.41. The fraction of sp³-hybridized carbons (Fsp3) is 0.350. The van der Waals surface area contributed by atoms with Gasteiger partial charge in [-0.2, -0.15) is 0 Å². The molecule has 6 nitrogen and oxygen atoms in total. The third kappa shape index (κ3) is 4.08. The van der Waals surface area contributed by atoms with Crippen molar-refractivity contribution in [2.75, 3.05) is 23.7 Å². The molecule has 0 aliphatic carbocycles. The molecule has 2 aromatic rings. The van der Waals surface area contributed by atoms with E-state index in [4.69, 9.17) is 4.74 Å². The molecule has 0 saturated carbocycles. The molecule has 3 rings (SSSR count). The second-order valence-electron chi connectivity index (χ2n) is 6.73. The third-order valence-corrected chi connectivity index (χ3v) is 6.59. The summed E-state index contributed by atoms with van der Waals surface area (Å²) in [6.07, 6.45) is 0.625. The molecule has 1 amide bonds. The Morgan fingerprint density at radius 3 is 2.48 bits per heavy atom. The number of ether oxygens (including phenoxy) is 1. The molecule has 1 aliphatic heterocycles. The topological polar surface area (TPSA) is 75.7 Å². The number of aryl methyl sites for hydroxylation is 1. The molecule has 1 aliphatic rings. The highest BCUT2D eigenvalue weighted by atomic mass is 32.2. The summed E-state index contributed by atoms with van der Waals surface area (Å²) in [5.74, 6) is 0.676. The maximum atomic E-state index is 12.6. The lowest BCUT2D eigenvalue weighted by Gasteiger charge is -2.19. The van der Waals surface area contributed by atoms with Gasteiger partial charge in [0, 0.05) is 17.7 Å². The molecule has 0 bridgehead atoms. The zero-order chi connectivity index (χ0) is 19.6. The Bertz CT molecular complexity index is 939. The number of amides is 1. The summed E-state index contributed by atoms with van der Waals surface area (Å²) in [5.41, 5.74) is 3.07. The van der Waals surface area contributed by atoms with Crippen LogP contribution in [-0.2, 0) is 10.0 Å². The summed E-state index contributed by atoms with van der Waals surface area (Å²) < 4.78 is 30.8. The van der Waals surface area contributed by atoms with Gasteiger partial charge in [0.2, 0.25) is 10.0 Å². The van der Waals surface area contributed by atoms with Crippen LogP contribution in [0.1, 0.15) is 40.9 Å². The summed E-state index contributed by atoms with van der Waals surface area (Å²) in [7, 11) is -1.62. The van der Waals surface area contributed by atoms with E-state index in [1.54, 1.807) is 31.4 Å². The Hall–Kier alpha value is -2.54. The molecule has 1 fully saturated rings. The average molecular weight is 388 g/mol. The zero-order valence-corrected chi connectivity index (χ0v) is 16.5. The third-order valence-electron chi connectivity index (χ3n) is 4.72. The van der Waals surface area contributed by atoms with E-state index in [-0.39, 0.29) is 17.7 Å². The van der Waals surface area contributed by atoms with E-state index < -0.39 is 10.0 Å². The number of carbonyl (C=O) groups excluding carboxylic acids is 1. The van der Waals surface area contributed by atoms with Crippen LogP contribution < -0.4 is 14.4 Å². The molecule has 0 unspecified atom stereocenters. The summed E-state index contributed by atoms with van der Waals surface area (Å²) in [5, 5.41) is 2.97. The maximum absolute atomic E-state index is 12.6. The van der Waals surface area contributed by atoms with E-state index in [2.05, 4.69) is 5.32 Å². The van der Waals surface area contributed by atoms with Crippen molar-refractivity contribution in [3.8, 4) is 5.75 Å². The second-order valence-corrected chi connectivity index (χ2v) is 8.74. The van der Waals surface area contributed by atoms with Crippen molar-refractivity contribution in [2.24, 2.45) is 0 Å². The van der Waals surface area contributed by atoms with Crippen molar-refractivity contribution in [1.29, 1.82) is 0 Å². The smallest absolute Gasteiger partial charge is 0.251 e. The minimum atomic E-state index is -3.22. The Labute approximate surface area is 160 Å². The lowest BCUT2D eigenvalue weighted by atomic mass is 10.0. The lowest BCUT2D eigenvalue weighted by molar-refractivity contribution is 0.0939. The highest BCUT2D eigenvalue weighted by Crippen LogP contribution is 2.27. The predicted octanol–water partition coefficient (Wildman–Crippen LogP) is 3.03. The second kappa shape index (κ2) is 7.60. The number of nitrogens with zero attached hydrogens (tertiary/aromatic N) is 1. The SMILES string of the molecule is COc1ccc(C)cc1[C@@H](C)NC(=O)c1ccc(N2CCCS2(=O)=O)cc1. The maximum Gasteiger partial charge on any atom is 0.251 e. The van der Waals surface area contributed by atoms with Crippen LogP contribution in [0.25, 0.3) is 0 Å². The van der Waals surface area contributed by atoms with E-state index in [1.165, 1.54) is 4.31 Å². The van der Waals surface area contributed by atoms with Gasteiger partial charge in [-0.25, -0.2) is 8.42 Å². The largest absolute Gasteiger partial charge is 0.496 e. The van der Waals surface area contributed by atoms with Gasteiger partial charge in [-0.3, -0.25) is 9.10 Å². The fourth-order valence-electron chi connectivity index (χ4n) is 3.26. The molecule has 27 heavy (non-hydrogen) atoms. The van der Waals surface area contributed by atoms with E-state index in [1.807, 2.05) is 32.0 Å². The number of rotatable bonds is 5. The molecular formula is C20H24N2O4S. The molecule has 0 aromatic heterocycles. The first-order valence-electron chi connectivity index (χ1n) is 8.88. The highest BCUT2D eigenvalue weighted by Gasteiger charge is 2.28. The van der Waals surface area contributed by atoms with Gasteiger partial charge in [0.15, 0.2) is 0 Å². The Morgan fingerprint density at radius 2 is 1.89 bits per heavy atom. The van der Waals surface area contributed by atoms with Gasteiger partial charge in [-0.1, -0.05) is 17.7 Å². The van der Waals surface area contributed by atoms with Crippen LogP contribution in [0, 0.1) is 6.92 Å². The fourth-order valence-corrected chi connectivity index (χ4v) is 4.82. The minimum Gasteiger partial charge on any atom is -0.496 e. The van der Waals surface area contributed by atoms with Gasteiger partial charge in [-0.05, 0) is 50.6 Å². The highest BCUT2D eigenvalue weighted by molar-refractivity contribution is 7.93. The van der Waals surface area contributed by atoms with Crippen molar-refractivity contribution < 1.29 is 17.9 Å². The first-order valence-corrected chi connectivity index (χ1v) is 10.5. The van der Waals surface area contributed by atoms with Crippen LogP contribution in [0.15, 0.2) is 42.5 Å². The van der Waals surface area contributed by atoms with Crippen LogP contribution >= 0.6 is 0 Å². The van der Waals surface area contributed by atoms with Gasteiger partial charge in [0.05, 0.1) is 24.6 Å². The summed E-state index contributed by atoms with van der Waals surface area (Å²) in [6.45, 7) is 4.38. The normalized spacial score (nSPS) is 16.8. The summed E-state index contributed by atoms with van der Waals surface area (Å²) in [4.78, 5) is 12.6. The molecule has 144 valence electrons. The number of benzene rings is 2. The zero-order valence-electron chi connectivity index (χ0n) is 15.7. The van der Waals surface area contributed by atoms with Crippen molar-refractivity contribution in [3.05, 3.63) is 59.2 Å². The standard InChI is InChI=1S/C20H24N2O4S/c1-14-5-10-19(26-3)18(13-14)15(2)21-20(23)16-6-8-17(9-7-16)22-11-4-12-27(22,24)25/h5-10,13,15H,4,11-12H2,1-3H3,(H,21,23)/t15-/m1/s1. The van der Waals surface area contributed by atoms with Gasteiger partial charge in [-0.15, -0.1) is 0 Å². The first kappa shape index (κ1) is 19.2. The number of hydrogen-bond donors (Lipinski definition) is 1. The molecule has 1 saturated heterocycles. The van der Waals surface area contributed by atoms with Gasteiger partial charge in [0.1, 0.15) is 5.75 Å². The quantitative estimate of drug-likeness (QED) is 0.854. The molecule has 2 aromatic carbocycles. The molecule has 1 heterocycles. The summed E-state index contributed by atoms with van der Waals surface area (Å²) >= 11 is 0. The molecular weight excluding hydrogens is 364 g/mol. The van der Waals surface area contributed by atoms with Crippen molar-refractivity contribution in [3.63, 3.8) is 0 Å². The van der Waals surface area contributed by atoms with Gasteiger partial charge >= 0.3 is 0 Å². The summed E-state index contributed by atoms with van der Waals surface area (Å²) in [6, 6.07) is 12.3. The van der Waals surface area contributed by atoms with Gasteiger partial charge in [0.25, 0.3) is 5.91 Å². The monoisotopic (exact) mass is 388 g/mol. The molecule has 0 spiro atoms. The lowest BCUT2D eigenvalue weighted by Crippen LogP contribution is -2.27. The van der Waals surface area contributed by atoms with Crippen LogP contribution in [-0.4, -0.2) is 33.7 Å². The average Bonchev–Trinajstić information content (AvgIpc) is 3.00. The van der Waals surface area contributed by atoms with Crippen LogP contribution in [0.4, 0.5) is 5.69 Å². The van der Waals surface area contributed by atoms with E-state index in [0.717, 1.165) is 16.9 Å². The predicted molar refractivity (Wildman–Crippen MR) is 106 cm³/mol. The number of hydrogen-bond acceptors (Lipinski definition) is 4. The first-order chi connectivity index (χ1) is 12.8. The number of anilines is 1. The van der Waals surface area contributed by atoms with Crippen LogP contribution in [0.2, 0.25) is 0 Å². The van der Waals surface area contributed by atoms with Crippen molar-refractivity contribution >= 4 is 21.6 Å². The number of sulfonamides is 1. The Morgan fingerprint density at radius 1 is 1.19 bits per heavy atom. The minimum absolute atomic E-state index is 0.172. The van der Waals surface area contributed by atoms with Crippen LogP contribution in [0.3, 0.4) is 0 Å². The molecule has 1 atom stereocenters. The molecule has 0 radical (unpaired) electrons. The number of methoxy groups -OCH3 is 1.